The van der Waals surface area contributed by atoms with Crippen LogP contribution in [0.4, 0.5) is 11.4 Å². The van der Waals surface area contributed by atoms with Crippen LogP contribution in [-0.4, -0.2) is 31.7 Å². The fraction of sp³-hybridized carbons (Fsp3) is 0.0417. The first-order chi connectivity index (χ1) is 15.4. The monoisotopic (exact) mass is 451 g/mol. The van der Waals surface area contributed by atoms with Gasteiger partial charge in [-0.25, -0.2) is 8.42 Å². The zero-order valence-electron chi connectivity index (χ0n) is 17.2. The van der Waals surface area contributed by atoms with Crippen LogP contribution in [0.2, 0.25) is 0 Å². The second-order valence-electron chi connectivity index (χ2n) is 6.96. The van der Waals surface area contributed by atoms with Crippen molar-refractivity contribution in [3.63, 3.8) is 0 Å². The Morgan fingerprint density at radius 1 is 1.00 bits per heavy atom. The molecule has 8 heteroatoms. The molecule has 1 aliphatic carbocycles. The van der Waals surface area contributed by atoms with Crippen molar-refractivity contribution in [2.75, 3.05) is 17.1 Å². The molecule has 2 aromatic carbocycles. The van der Waals surface area contributed by atoms with E-state index in [1.54, 1.807) is 55.0 Å². The first-order valence-corrected chi connectivity index (χ1v) is 11.2. The van der Waals surface area contributed by atoms with Crippen molar-refractivity contribution in [2.45, 2.75) is 4.90 Å². The zero-order chi connectivity index (χ0) is 22.6. The van der Waals surface area contributed by atoms with Crippen LogP contribution in [0, 0.1) is 6.42 Å². The van der Waals surface area contributed by atoms with Crippen molar-refractivity contribution in [1.82, 2.24) is 0 Å². The molecule has 2 aliphatic rings. The Morgan fingerprint density at radius 2 is 1.75 bits per heavy atom. The van der Waals surface area contributed by atoms with Gasteiger partial charge in [-0.1, -0.05) is 12.1 Å². The van der Waals surface area contributed by atoms with Crippen LogP contribution < -0.4 is 14.8 Å². The highest BCUT2D eigenvalue weighted by molar-refractivity contribution is 7.92. The van der Waals surface area contributed by atoms with Crippen molar-refractivity contribution in [3.8, 4) is 5.75 Å². The summed E-state index contributed by atoms with van der Waals surface area (Å²) in [6.45, 7) is 0. The summed E-state index contributed by atoms with van der Waals surface area (Å²) in [7, 11) is -2.30. The average Bonchev–Trinajstić information content (AvgIpc) is 3.35. The summed E-state index contributed by atoms with van der Waals surface area (Å²) in [5.74, 6) is 0.287. The lowest BCUT2D eigenvalue weighted by Gasteiger charge is -2.12. The van der Waals surface area contributed by atoms with Gasteiger partial charge in [-0.05, 0) is 42.5 Å². The highest BCUT2D eigenvalue weighted by Crippen LogP contribution is 2.22. The maximum absolute atomic E-state index is 12.8. The number of amides is 1. The van der Waals surface area contributed by atoms with Crippen molar-refractivity contribution >= 4 is 33.0 Å². The maximum atomic E-state index is 12.8. The summed E-state index contributed by atoms with van der Waals surface area (Å²) in [6, 6.07) is 12.6. The van der Waals surface area contributed by atoms with Gasteiger partial charge in [0.05, 0.1) is 12.0 Å². The molecule has 1 amide bonds. The SMILES string of the molecule is COc1ccc(NS(=O)(=O)c2cccc(NC(=O)C3=CC(=[N+]4C=CC=C4)C=C[CH]3)c2)cc1.[HH].[HH]. The molecule has 0 unspecified atom stereocenters. The Kier molecular flexibility index (Phi) is 6.04. The average molecular weight is 452 g/mol. The normalized spacial score (nSPS) is 15.0. The second kappa shape index (κ2) is 9.07. The highest BCUT2D eigenvalue weighted by atomic mass is 32.2. The Balaban J connectivity index is 0.00000204. The van der Waals surface area contributed by atoms with Crippen molar-refractivity contribution in [2.24, 2.45) is 0 Å². The topological polar surface area (TPSA) is 87.5 Å². The van der Waals surface area contributed by atoms with Gasteiger partial charge >= 0.3 is 0 Å². The van der Waals surface area contributed by atoms with Crippen molar-refractivity contribution < 1.29 is 25.4 Å². The van der Waals surface area contributed by atoms with Gasteiger partial charge in [-0.15, -0.1) is 0 Å². The summed E-state index contributed by atoms with van der Waals surface area (Å²) in [6.07, 6.45) is 14.7. The second-order valence-corrected chi connectivity index (χ2v) is 8.64. The number of allylic oxidation sites excluding steroid dienone is 5. The minimum atomic E-state index is -3.84. The van der Waals surface area contributed by atoms with E-state index in [0.29, 0.717) is 22.7 Å². The lowest BCUT2D eigenvalue weighted by atomic mass is 10.0. The highest BCUT2D eigenvalue weighted by Gasteiger charge is 2.19. The molecule has 7 nitrogen and oxygen atoms in total. The number of sulfonamides is 1. The molecule has 4 rings (SSSR count). The van der Waals surface area contributed by atoms with Gasteiger partial charge < -0.3 is 10.1 Å². The fourth-order valence-corrected chi connectivity index (χ4v) is 4.24. The van der Waals surface area contributed by atoms with E-state index in [-0.39, 0.29) is 13.7 Å². The van der Waals surface area contributed by atoms with Gasteiger partial charge in [0.15, 0.2) is 12.4 Å². The molecule has 2 N–H and O–H groups in total. The summed E-state index contributed by atoms with van der Waals surface area (Å²) in [5, 5.41) is 2.77. The molecule has 2 aromatic rings. The van der Waals surface area contributed by atoms with Gasteiger partial charge in [0.25, 0.3) is 15.9 Å². The molecular formula is C24H25N3O4S+. The van der Waals surface area contributed by atoms with Crippen LogP contribution in [0.5, 0.6) is 5.75 Å². The van der Waals surface area contributed by atoms with E-state index in [4.69, 9.17) is 4.74 Å². The van der Waals surface area contributed by atoms with Crippen LogP contribution >= 0.6 is 0 Å². The van der Waals surface area contributed by atoms with Crippen LogP contribution in [0.15, 0.2) is 102 Å². The number of nitrogens with zero attached hydrogens (tertiary/aromatic N) is 1. The van der Waals surface area contributed by atoms with Gasteiger partial charge in [0.2, 0.25) is 5.71 Å². The summed E-state index contributed by atoms with van der Waals surface area (Å²) < 4.78 is 35.1. The Morgan fingerprint density at radius 3 is 2.47 bits per heavy atom. The van der Waals surface area contributed by atoms with Crippen LogP contribution in [-0.2, 0) is 14.8 Å². The van der Waals surface area contributed by atoms with Crippen molar-refractivity contribution in [1.29, 1.82) is 0 Å². The molecule has 1 heterocycles. The molecule has 1 radical (unpaired) electrons. The Hall–Kier alpha value is -3.91. The van der Waals surface area contributed by atoms with Crippen molar-refractivity contribution in [3.05, 3.63) is 103 Å². The molecule has 0 aromatic heterocycles. The smallest absolute Gasteiger partial charge is 0.261 e. The van der Waals surface area contributed by atoms with E-state index in [1.807, 2.05) is 35.2 Å². The van der Waals surface area contributed by atoms with Gasteiger partial charge in [-0.3, -0.25) is 9.52 Å². The van der Waals surface area contributed by atoms with E-state index >= 15 is 0 Å². The van der Waals surface area contributed by atoms with Gasteiger partial charge in [-0.2, -0.15) is 4.58 Å². The number of methoxy groups -OCH3 is 1. The zero-order valence-corrected chi connectivity index (χ0v) is 18.0. The first-order valence-electron chi connectivity index (χ1n) is 9.76. The molecule has 0 bridgehead atoms. The van der Waals surface area contributed by atoms with E-state index in [0.717, 1.165) is 5.71 Å². The molecular weight excluding hydrogens is 426 g/mol. The van der Waals surface area contributed by atoms with E-state index < -0.39 is 10.0 Å². The molecule has 0 fully saturated rings. The van der Waals surface area contributed by atoms with Crippen LogP contribution in [0.3, 0.4) is 0 Å². The number of benzene rings is 2. The number of carbonyl (C=O) groups is 1. The molecule has 0 saturated heterocycles. The molecule has 0 saturated carbocycles. The number of nitrogens with one attached hydrogen (secondary N) is 2. The molecule has 0 atom stereocenters. The van der Waals surface area contributed by atoms with Gasteiger partial charge in [0, 0.05) is 50.5 Å². The third kappa shape index (κ3) is 4.87. The largest absolute Gasteiger partial charge is 0.497 e. The number of hydrogen-bond acceptors (Lipinski definition) is 4. The predicted octanol–water partition coefficient (Wildman–Crippen LogP) is 4.12. The van der Waals surface area contributed by atoms with Crippen LogP contribution in [0.1, 0.15) is 2.85 Å². The summed E-state index contributed by atoms with van der Waals surface area (Å²) >= 11 is 0. The molecule has 165 valence electrons. The number of hydrogen-bond donors (Lipinski definition) is 2. The Labute approximate surface area is 189 Å². The Bertz CT molecular complexity index is 1300. The van der Waals surface area contributed by atoms with Gasteiger partial charge in [0.1, 0.15) is 5.75 Å². The first kappa shape index (κ1) is 21.3. The number of carbonyl (C=O) groups excluding carboxylic acids is 1. The maximum Gasteiger partial charge on any atom is 0.261 e. The summed E-state index contributed by atoms with van der Waals surface area (Å²) in [4.78, 5) is 12.8. The molecule has 1 aliphatic heterocycles. The lowest BCUT2D eigenvalue weighted by Crippen LogP contribution is -2.19. The number of anilines is 2. The minimum Gasteiger partial charge on any atom is -0.497 e. The number of ether oxygens (including phenoxy) is 1. The fourth-order valence-electron chi connectivity index (χ4n) is 3.13. The molecule has 0 spiro atoms. The van der Waals surface area contributed by atoms with E-state index in [1.165, 1.54) is 19.2 Å². The van der Waals surface area contributed by atoms with E-state index in [2.05, 4.69) is 10.0 Å². The minimum absolute atomic E-state index is 0. The summed E-state index contributed by atoms with van der Waals surface area (Å²) in [5.41, 5.74) is 2.09. The lowest BCUT2D eigenvalue weighted by molar-refractivity contribution is -0.371. The van der Waals surface area contributed by atoms with E-state index in [9.17, 15) is 13.2 Å². The van der Waals surface area contributed by atoms with Crippen LogP contribution in [0.25, 0.3) is 0 Å². The third-order valence-electron chi connectivity index (χ3n) is 4.76. The quantitative estimate of drug-likeness (QED) is 0.647. The standard InChI is InChI=1S/C24H20N3O4S.2H2/c1-31-22-12-10-19(11-13-22)26-32(29,30)23-9-5-7-20(17-23)25-24(28)18-6-4-8-21(16-18)27-14-2-3-15-27;;/h2-17,26H,1H3;2*1H/p+1. The molecule has 32 heavy (non-hydrogen) atoms. The number of rotatable bonds is 6. The predicted molar refractivity (Wildman–Crippen MR) is 128 cm³/mol. The third-order valence-corrected chi connectivity index (χ3v) is 6.13.